The number of hydrogen-bond acceptors (Lipinski definition) is 6. The predicted octanol–water partition coefficient (Wildman–Crippen LogP) is 3.32. The average molecular weight is 436 g/mol. The Morgan fingerprint density at radius 3 is 2.03 bits per heavy atom. The minimum absolute atomic E-state index is 0.00787. The van der Waals surface area contributed by atoms with Crippen molar-refractivity contribution in [1.29, 1.82) is 0 Å². The van der Waals surface area contributed by atoms with Crippen LogP contribution in [0.4, 0.5) is 4.79 Å². The van der Waals surface area contributed by atoms with Gasteiger partial charge >= 0.3 is 12.1 Å². The number of hydroxylamine groups is 2. The van der Waals surface area contributed by atoms with E-state index in [9.17, 15) is 19.2 Å². The summed E-state index contributed by atoms with van der Waals surface area (Å²) in [5.74, 6) is -2.16. The van der Waals surface area contributed by atoms with E-state index in [1.54, 1.807) is 57.2 Å². The van der Waals surface area contributed by atoms with E-state index in [1.807, 2.05) is 6.07 Å². The number of hydrogen-bond donors (Lipinski definition) is 0. The smallest absolute Gasteiger partial charge is 0.410 e. The van der Waals surface area contributed by atoms with E-state index in [-0.39, 0.29) is 30.6 Å². The van der Waals surface area contributed by atoms with Crippen LogP contribution in [0.15, 0.2) is 54.6 Å². The second-order valence-corrected chi connectivity index (χ2v) is 8.93. The van der Waals surface area contributed by atoms with Gasteiger partial charge in [0.1, 0.15) is 11.0 Å². The Morgan fingerprint density at radius 2 is 1.47 bits per heavy atom. The molecule has 32 heavy (non-hydrogen) atoms. The molecule has 2 heterocycles. The lowest BCUT2D eigenvalue weighted by Gasteiger charge is -2.29. The number of amides is 3. The van der Waals surface area contributed by atoms with Crippen LogP contribution >= 0.6 is 0 Å². The van der Waals surface area contributed by atoms with Crippen molar-refractivity contribution in [3.8, 4) is 0 Å². The maximum absolute atomic E-state index is 13.5. The van der Waals surface area contributed by atoms with Gasteiger partial charge in [-0.25, -0.2) is 9.59 Å². The van der Waals surface area contributed by atoms with Crippen molar-refractivity contribution >= 4 is 23.9 Å². The minimum atomic E-state index is -1.24. The highest BCUT2D eigenvalue weighted by Crippen LogP contribution is 2.37. The number of carbonyl (C=O) groups excluding carboxylic acids is 4. The fraction of sp³-hybridized carbons (Fsp3) is 0.333. The Balaban J connectivity index is 1.61. The SMILES string of the molecule is CC(C)(C)OC(=O)N1CCC(C(=O)ON2C(=O)c3ccccc3C2=O)(c2ccccc2)C1. The van der Waals surface area contributed by atoms with Gasteiger partial charge in [-0.15, -0.1) is 0 Å². The van der Waals surface area contributed by atoms with Gasteiger partial charge in [-0.2, -0.15) is 0 Å². The van der Waals surface area contributed by atoms with Crippen molar-refractivity contribution in [2.45, 2.75) is 38.2 Å². The summed E-state index contributed by atoms with van der Waals surface area (Å²) in [6.45, 7) is 5.57. The number of fused-ring (bicyclic) bond motifs is 1. The fourth-order valence-electron chi connectivity index (χ4n) is 3.99. The van der Waals surface area contributed by atoms with Gasteiger partial charge in [0.05, 0.1) is 11.1 Å². The summed E-state index contributed by atoms with van der Waals surface area (Å²) in [6, 6.07) is 15.2. The molecule has 2 aliphatic rings. The molecule has 0 N–H and O–H groups in total. The number of likely N-dealkylation sites (tertiary alicyclic amines) is 1. The van der Waals surface area contributed by atoms with Crippen molar-refractivity contribution in [3.05, 3.63) is 71.3 Å². The Labute approximate surface area is 185 Å². The van der Waals surface area contributed by atoms with Crippen molar-refractivity contribution in [1.82, 2.24) is 9.96 Å². The Hall–Kier alpha value is -3.68. The standard InChI is InChI=1S/C24H24N2O6/c1-23(2,3)31-22(30)25-14-13-24(15-25,16-9-5-4-6-10-16)21(29)32-26-19(27)17-11-7-8-12-18(17)20(26)28/h4-12H,13-15H2,1-3H3. The maximum atomic E-state index is 13.5. The topological polar surface area (TPSA) is 93.2 Å². The van der Waals surface area contributed by atoms with E-state index in [4.69, 9.17) is 9.57 Å². The van der Waals surface area contributed by atoms with Crippen molar-refractivity contribution in [2.75, 3.05) is 13.1 Å². The Bertz CT molecular complexity index is 1060. The molecule has 3 amide bonds. The minimum Gasteiger partial charge on any atom is -0.444 e. The molecule has 8 nitrogen and oxygen atoms in total. The monoisotopic (exact) mass is 436 g/mol. The van der Waals surface area contributed by atoms with Crippen LogP contribution in [0.3, 0.4) is 0 Å². The zero-order chi connectivity index (χ0) is 23.1. The molecule has 0 radical (unpaired) electrons. The molecule has 1 fully saturated rings. The van der Waals surface area contributed by atoms with Gasteiger partial charge in [0.2, 0.25) is 0 Å². The summed E-state index contributed by atoms with van der Waals surface area (Å²) in [6.07, 6.45) is -0.276. The van der Waals surface area contributed by atoms with Gasteiger partial charge in [0.25, 0.3) is 11.8 Å². The third kappa shape index (κ3) is 3.72. The van der Waals surface area contributed by atoms with Crippen molar-refractivity contribution < 1.29 is 28.8 Å². The molecule has 1 unspecified atom stereocenters. The zero-order valence-electron chi connectivity index (χ0n) is 18.2. The zero-order valence-corrected chi connectivity index (χ0v) is 18.2. The highest BCUT2D eigenvalue weighted by Gasteiger charge is 2.52. The lowest BCUT2D eigenvalue weighted by molar-refractivity contribution is -0.175. The van der Waals surface area contributed by atoms with Gasteiger partial charge in [0, 0.05) is 13.1 Å². The molecular formula is C24H24N2O6. The number of ether oxygens (including phenoxy) is 1. The van der Waals surface area contributed by atoms with Gasteiger partial charge in [-0.3, -0.25) is 9.59 Å². The van der Waals surface area contributed by atoms with Crippen LogP contribution in [0.1, 0.15) is 53.5 Å². The Morgan fingerprint density at radius 1 is 0.906 bits per heavy atom. The van der Waals surface area contributed by atoms with Gasteiger partial charge in [0.15, 0.2) is 0 Å². The van der Waals surface area contributed by atoms with Crippen LogP contribution in [-0.4, -0.2) is 52.5 Å². The molecule has 0 spiro atoms. The summed E-state index contributed by atoms with van der Waals surface area (Å²) in [5.41, 5.74) is -0.933. The second kappa shape index (κ2) is 7.78. The first-order valence-electron chi connectivity index (χ1n) is 10.4. The quantitative estimate of drug-likeness (QED) is 0.686. The normalized spacial score (nSPS) is 20.3. The molecule has 0 aromatic heterocycles. The molecule has 2 aromatic rings. The average Bonchev–Trinajstić information content (AvgIpc) is 3.31. The summed E-state index contributed by atoms with van der Waals surface area (Å²) >= 11 is 0. The second-order valence-electron chi connectivity index (χ2n) is 8.93. The molecular weight excluding hydrogens is 412 g/mol. The third-order valence-electron chi connectivity index (χ3n) is 5.57. The first-order chi connectivity index (χ1) is 15.1. The lowest BCUT2D eigenvalue weighted by atomic mass is 9.80. The lowest BCUT2D eigenvalue weighted by Crippen LogP contribution is -2.46. The molecule has 2 aromatic carbocycles. The van der Waals surface area contributed by atoms with Crippen LogP contribution in [0.2, 0.25) is 0 Å². The van der Waals surface area contributed by atoms with Gasteiger partial charge in [-0.05, 0) is 44.9 Å². The number of nitrogens with zero attached hydrogens (tertiary/aromatic N) is 2. The van der Waals surface area contributed by atoms with Crippen LogP contribution < -0.4 is 0 Å². The Kier molecular flexibility index (Phi) is 5.24. The number of carbonyl (C=O) groups is 4. The largest absolute Gasteiger partial charge is 0.444 e. The molecule has 2 aliphatic heterocycles. The van der Waals surface area contributed by atoms with E-state index in [0.717, 1.165) is 0 Å². The number of imide groups is 1. The summed E-state index contributed by atoms with van der Waals surface area (Å²) in [7, 11) is 0. The molecule has 1 saturated heterocycles. The highest BCUT2D eigenvalue weighted by atomic mass is 16.7. The molecule has 0 bridgehead atoms. The predicted molar refractivity (Wildman–Crippen MR) is 114 cm³/mol. The van der Waals surface area contributed by atoms with Gasteiger partial charge < -0.3 is 14.5 Å². The summed E-state index contributed by atoms with van der Waals surface area (Å²) < 4.78 is 5.46. The van der Waals surface area contributed by atoms with E-state index in [2.05, 4.69) is 0 Å². The summed E-state index contributed by atoms with van der Waals surface area (Å²) in [4.78, 5) is 58.3. The van der Waals surface area contributed by atoms with E-state index in [1.165, 1.54) is 17.0 Å². The van der Waals surface area contributed by atoms with Crippen molar-refractivity contribution in [3.63, 3.8) is 0 Å². The molecule has 0 saturated carbocycles. The first-order valence-corrected chi connectivity index (χ1v) is 10.4. The van der Waals surface area contributed by atoms with Crippen LogP contribution in [0.5, 0.6) is 0 Å². The number of benzene rings is 2. The fourth-order valence-corrected chi connectivity index (χ4v) is 3.99. The summed E-state index contributed by atoms with van der Waals surface area (Å²) in [5, 5.41) is 0.508. The van der Waals surface area contributed by atoms with E-state index in [0.29, 0.717) is 10.6 Å². The molecule has 8 heteroatoms. The van der Waals surface area contributed by atoms with E-state index < -0.39 is 34.9 Å². The highest BCUT2D eigenvalue weighted by molar-refractivity contribution is 6.21. The molecule has 0 aliphatic carbocycles. The maximum Gasteiger partial charge on any atom is 0.410 e. The molecule has 4 rings (SSSR count). The molecule has 166 valence electrons. The van der Waals surface area contributed by atoms with Crippen molar-refractivity contribution in [2.24, 2.45) is 0 Å². The van der Waals surface area contributed by atoms with E-state index >= 15 is 0 Å². The van der Waals surface area contributed by atoms with Crippen LogP contribution in [-0.2, 0) is 19.8 Å². The first kappa shape index (κ1) is 21.5. The molecule has 1 atom stereocenters. The van der Waals surface area contributed by atoms with Crippen LogP contribution in [0, 0.1) is 0 Å². The van der Waals surface area contributed by atoms with Crippen LogP contribution in [0.25, 0.3) is 0 Å². The van der Waals surface area contributed by atoms with Gasteiger partial charge in [-0.1, -0.05) is 47.5 Å². The number of rotatable bonds is 3. The third-order valence-corrected chi connectivity index (χ3v) is 5.57.